The number of rotatable bonds is 6. The summed E-state index contributed by atoms with van der Waals surface area (Å²) in [4.78, 5) is 2.57. The molecule has 0 unspecified atom stereocenters. The van der Waals surface area contributed by atoms with Gasteiger partial charge in [-0.2, -0.15) is 5.10 Å². The maximum absolute atomic E-state index is 11.6. The Labute approximate surface area is 132 Å². The van der Waals surface area contributed by atoms with Gasteiger partial charge < -0.3 is 0 Å². The number of fused-ring (bicyclic) bond motifs is 1. The van der Waals surface area contributed by atoms with Crippen molar-refractivity contribution in [2.45, 2.75) is 51.7 Å². The summed E-state index contributed by atoms with van der Waals surface area (Å²) in [5.74, 6) is 0.594. The molecule has 1 aromatic rings. The predicted octanol–water partition coefficient (Wildman–Crippen LogP) is 1.20. The molecule has 1 aliphatic carbocycles. The third kappa shape index (κ3) is 3.70. The van der Waals surface area contributed by atoms with Crippen LogP contribution >= 0.6 is 0 Å². The third-order valence-electron chi connectivity index (χ3n) is 4.94. The van der Waals surface area contributed by atoms with E-state index in [0.717, 1.165) is 26.1 Å². The highest BCUT2D eigenvalue weighted by Crippen LogP contribution is 2.29. The molecule has 0 spiro atoms. The molecule has 7 heteroatoms. The summed E-state index contributed by atoms with van der Waals surface area (Å²) in [7, 11) is -3.09. The van der Waals surface area contributed by atoms with Crippen molar-refractivity contribution in [2.75, 3.05) is 18.8 Å². The Kier molecular flexibility index (Phi) is 4.84. The number of aromatic nitrogens is 2. The summed E-state index contributed by atoms with van der Waals surface area (Å²) in [5, 5.41) is 4.43. The molecule has 1 saturated carbocycles. The van der Waals surface area contributed by atoms with Gasteiger partial charge in [-0.1, -0.05) is 6.42 Å². The van der Waals surface area contributed by atoms with Crippen LogP contribution in [0.1, 0.15) is 38.3 Å². The fourth-order valence-corrected chi connectivity index (χ4v) is 3.93. The summed E-state index contributed by atoms with van der Waals surface area (Å²) in [6.07, 6.45) is 6.66. The van der Waals surface area contributed by atoms with Gasteiger partial charge in [0.15, 0.2) is 0 Å². The van der Waals surface area contributed by atoms with Gasteiger partial charge in [0.1, 0.15) is 0 Å². The van der Waals surface area contributed by atoms with Crippen molar-refractivity contribution < 1.29 is 8.42 Å². The molecule has 2 aliphatic rings. The largest absolute Gasteiger partial charge is 0.294 e. The monoisotopic (exact) mass is 326 g/mol. The molecule has 0 amide bonds. The SMILES string of the molecule is CCS(=O)(=O)NCC[C@@H]1CN(C2CCC2)Cc2ccnn2C1. The lowest BCUT2D eigenvalue weighted by Gasteiger charge is -2.38. The highest BCUT2D eigenvalue weighted by atomic mass is 32.2. The zero-order chi connectivity index (χ0) is 15.6. The minimum Gasteiger partial charge on any atom is -0.294 e. The first-order valence-corrected chi connectivity index (χ1v) is 9.94. The molecule has 1 aromatic heterocycles. The number of nitrogens with zero attached hydrogens (tertiary/aromatic N) is 3. The lowest BCUT2D eigenvalue weighted by atomic mass is 9.90. The van der Waals surface area contributed by atoms with Crippen molar-refractivity contribution in [3.05, 3.63) is 18.0 Å². The second-order valence-corrected chi connectivity index (χ2v) is 8.57. The van der Waals surface area contributed by atoms with Crippen molar-refractivity contribution in [1.82, 2.24) is 19.4 Å². The quantitative estimate of drug-likeness (QED) is 0.853. The van der Waals surface area contributed by atoms with E-state index in [9.17, 15) is 8.42 Å². The van der Waals surface area contributed by atoms with E-state index in [2.05, 4.69) is 25.5 Å². The molecule has 3 rings (SSSR count). The van der Waals surface area contributed by atoms with E-state index in [-0.39, 0.29) is 5.75 Å². The summed E-state index contributed by atoms with van der Waals surface area (Å²) in [5.41, 5.74) is 1.28. The maximum Gasteiger partial charge on any atom is 0.211 e. The molecule has 1 aliphatic heterocycles. The molecule has 0 bridgehead atoms. The van der Waals surface area contributed by atoms with E-state index in [1.807, 2.05) is 6.20 Å². The van der Waals surface area contributed by atoms with E-state index in [1.165, 1.54) is 25.0 Å². The molecule has 124 valence electrons. The highest BCUT2D eigenvalue weighted by Gasteiger charge is 2.30. The standard InChI is InChI=1S/C15H26N4O2S/c1-2-22(20,21)17-9-6-13-10-18(14-4-3-5-14)12-15-7-8-16-19(15)11-13/h7-8,13-14,17H,2-6,9-12H2,1H3/t13-/m1/s1. The Morgan fingerprint density at radius 1 is 1.36 bits per heavy atom. The van der Waals surface area contributed by atoms with E-state index in [4.69, 9.17) is 0 Å². The Morgan fingerprint density at radius 3 is 2.86 bits per heavy atom. The van der Waals surface area contributed by atoms with Crippen molar-refractivity contribution >= 4 is 10.0 Å². The molecule has 1 atom stereocenters. The van der Waals surface area contributed by atoms with Gasteiger partial charge >= 0.3 is 0 Å². The first-order chi connectivity index (χ1) is 10.6. The number of sulfonamides is 1. The second-order valence-electron chi connectivity index (χ2n) is 6.47. The van der Waals surface area contributed by atoms with Crippen LogP contribution in [0.4, 0.5) is 0 Å². The number of hydrogen-bond donors (Lipinski definition) is 1. The lowest BCUT2D eigenvalue weighted by Crippen LogP contribution is -2.42. The van der Waals surface area contributed by atoms with Crippen LogP contribution in [0.15, 0.2) is 12.3 Å². The van der Waals surface area contributed by atoms with Crippen molar-refractivity contribution in [3.8, 4) is 0 Å². The Hall–Kier alpha value is -0.920. The van der Waals surface area contributed by atoms with Crippen LogP contribution in [0, 0.1) is 5.92 Å². The van der Waals surface area contributed by atoms with E-state index in [0.29, 0.717) is 18.5 Å². The molecule has 2 heterocycles. The lowest BCUT2D eigenvalue weighted by molar-refractivity contribution is 0.102. The molecular weight excluding hydrogens is 300 g/mol. The van der Waals surface area contributed by atoms with Gasteiger partial charge in [0.25, 0.3) is 0 Å². The fourth-order valence-electron chi connectivity index (χ4n) is 3.30. The normalized spacial score (nSPS) is 23.8. The van der Waals surface area contributed by atoms with E-state index in [1.54, 1.807) is 6.92 Å². The smallest absolute Gasteiger partial charge is 0.211 e. The first kappa shape index (κ1) is 16.0. The molecule has 1 fully saturated rings. The van der Waals surface area contributed by atoms with Crippen LogP contribution < -0.4 is 4.72 Å². The number of hydrogen-bond acceptors (Lipinski definition) is 4. The van der Waals surface area contributed by atoms with Gasteiger partial charge in [-0.25, -0.2) is 13.1 Å². The summed E-state index contributed by atoms with van der Waals surface area (Å²) >= 11 is 0. The van der Waals surface area contributed by atoms with Gasteiger partial charge in [0.05, 0.1) is 11.4 Å². The van der Waals surface area contributed by atoms with Gasteiger partial charge in [-0.3, -0.25) is 9.58 Å². The Morgan fingerprint density at radius 2 is 2.18 bits per heavy atom. The zero-order valence-electron chi connectivity index (χ0n) is 13.2. The van der Waals surface area contributed by atoms with Gasteiger partial charge in [0.2, 0.25) is 10.0 Å². The molecule has 6 nitrogen and oxygen atoms in total. The van der Waals surface area contributed by atoms with Crippen molar-refractivity contribution in [3.63, 3.8) is 0 Å². The molecule has 0 radical (unpaired) electrons. The molecule has 0 saturated heterocycles. The van der Waals surface area contributed by atoms with E-state index >= 15 is 0 Å². The molecule has 0 aromatic carbocycles. The van der Waals surface area contributed by atoms with Crippen LogP contribution in [0.2, 0.25) is 0 Å². The van der Waals surface area contributed by atoms with E-state index < -0.39 is 10.0 Å². The minimum absolute atomic E-state index is 0.148. The average molecular weight is 326 g/mol. The van der Waals surface area contributed by atoms with Crippen molar-refractivity contribution in [2.24, 2.45) is 5.92 Å². The van der Waals surface area contributed by atoms with Gasteiger partial charge in [-0.15, -0.1) is 0 Å². The number of nitrogens with one attached hydrogen (secondary N) is 1. The van der Waals surface area contributed by atoms with Crippen LogP contribution in [0.3, 0.4) is 0 Å². The summed E-state index contributed by atoms with van der Waals surface area (Å²) < 4.78 is 27.9. The second kappa shape index (κ2) is 6.68. The molecular formula is C15H26N4O2S. The zero-order valence-corrected chi connectivity index (χ0v) is 14.1. The predicted molar refractivity (Wildman–Crippen MR) is 85.8 cm³/mol. The van der Waals surface area contributed by atoms with Crippen LogP contribution in [0.5, 0.6) is 0 Å². The van der Waals surface area contributed by atoms with Crippen molar-refractivity contribution in [1.29, 1.82) is 0 Å². The van der Waals surface area contributed by atoms with Gasteiger partial charge in [0, 0.05) is 38.4 Å². The topological polar surface area (TPSA) is 67.2 Å². The Balaban J connectivity index is 1.62. The summed E-state index contributed by atoms with van der Waals surface area (Å²) in [6, 6.07) is 2.81. The van der Waals surface area contributed by atoms with Gasteiger partial charge in [-0.05, 0) is 38.2 Å². The average Bonchev–Trinajstić information content (AvgIpc) is 2.77. The van der Waals surface area contributed by atoms with Crippen LogP contribution in [0.25, 0.3) is 0 Å². The fraction of sp³-hybridized carbons (Fsp3) is 0.800. The molecule has 1 N–H and O–H groups in total. The van der Waals surface area contributed by atoms with Crippen LogP contribution in [-0.4, -0.2) is 48.0 Å². The summed E-state index contributed by atoms with van der Waals surface area (Å²) in [6.45, 7) is 5.10. The minimum atomic E-state index is -3.09. The first-order valence-electron chi connectivity index (χ1n) is 8.29. The van der Waals surface area contributed by atoms with Crippen LogP contribution in [-0.2, 0) is 23.1 Å². The molecule has 22 heavy (non-hydrogen) atoms. The highest BCUT2D eigenvalue weighted by molar-refractivity contribution is 7.89. The Bertz CT molecular complexity index is 594. The third-order valence-corrected chi connectivity index (χ3v) is 6.34. The maximum atomic E-state index is 11.6.